The number of carbonyl (C=O) groups excluding carboxylic acids is 13. The summed E-state index contributed by atoms with van der Waals surface area (Å²) >= 11 is 1.45. The van der Waals surface area contributed by atoms with E-state index >= 15 is 0 Å². The number of hydrogen-bond acceptors (Lipinski definition) is 17. The maximum Gasteiger partial charge on any atom is 0.245 e. The average Bonchev–Trinajstić information content (AvgIpc) is 1.74. The van der Waals surface area contributed by atoms with Gasteiger partial charge in [0, 0.05) is 45.3 Å². The second-order valence-electron chi connectivity index (χ2n) is 24.1. The van der Waals surface area contributed by atoms with Crippen molar-refractivity contribution in [1.29, 1.82) is 0 Å². The highest BCUT2D eigenvalue weighted by Gasteiger charge is 2.42. The molecule has 2 aromatic carbocycles. The molecular formula is C63H98N18O13S. The van der Waals surface area contributed by atoms with Crippen LogP contribution in [0, 0.1) is 5.92 Å². The number of guanidine groups is 1. The summed E-state index contributed by atoms with van der Waals surface area (Å²) in [5.74, 6) is -9.80. The van der Waals surface area contributed by atoms with Crippen molar-refractivity contribution < 1.29 is 62.3 Å². The van der Waals surface area contributed by atoms with E-state index in [0.717, 1.165) is 0 Å². The first-order chi connectivity index (χ1) is 45.2. The zero-order chi connectivity index (χ0) is 70.1. The number of nitrogens with two attached hydrogens (primary N) is 7. The van der Waals surface area contributed by atoms with E-state index in [2.05, 4.69) is 47.5 Å². The molecule has 13 amide bonds. The summed E-state index contributed by atoms with van der Waals surface area (Å²) in [5.41, 5.74) is 40.6. The van der Waals surface area contributed by atoms with Crippen LogP contribution in [0.4, 0.5) is 0 Å². The molecule has 524 valence electrons. The van der Waals surface area contributed by atoms with Crippen LogP contribution in [0.15, 0.2) is 65.7 Å². The minimum Gasteiger partial charge on any atom is -0.370 e. The highest BCUT2D eigenvalue weighted by atomic mass is 32.2. The summed E-state index contributed by atoms with van der Waals surface area (Å²) < 4.78 is 0. The van der Waals surface area contributed by atoms with E-state index in [9.17, 15) is 62.3 Å². The smallest absolute Gasteiger partial charge is 0.245 e. The molecule has 31 nitrogen and oxygen atoms in total. The van der Waals surface area contributed by atoms with Crippen LogP contribution in [0.25, 0.3) is 0 Å². The van der Waals surface area contributed by atoms with Crippen LogP contribution in [0.5, 0.6) is 0 Å². The number of carbonyl (C=O) groups is 13. The molecule has 2 fully saturated rings. The first-order valence-corrected chi connectivity index (χ1v) is 33.6. The predicted molar refractivity (Wildman–Crippen MR) is 356 cm³/mol. The normalized spacial score (nSPS) is 16.8. The van der Waals surface area contributed by atoms with Gasteiger partial charge in [0.15, 0.2) is 5.96 Å². The van der Waals surface area contributed by atoms with Gasteiger partial charge in [-0.15, -0.1) is 0 Å². The van der Waals surface area contributed by atoms with E-state index in [1.165, 1.54) is 21.6 Å². The SMILES string of the molecule is CSCC[C@H](NC(=O)[C@H](CC(C)C)NC(=O)CNC(=O)[C@@H](Cc1ccccc1)NC(=O)[C@@H](Cc1ccccc1)NC(=O)[C@H](CCC(N)=O)NC(=O)[C@@H](CCC(N)=O)NC(=O)[C@@H]1CCCN1C(=O)[C@H](CCCCN)NC(=O)[C@H]1CCCN1C(=O)[C@@H](N)CCCN=C(N)N)C(N)=O. The Bertz CT molecular complexity index is 2960. The Labute approximate surface area is 558 Å². The number of likely N-dealkylation sites (tertiary alicyclic amines) is 2. The van der Waals surface area contributed by atoms with Gasteiger partial charge in [0.25, 0.3) is 0 Å². The van der Waals surface area contributed by atoms with Crippen LogP contribution in [-0.2, 0) is 75.2 Å². The van der Waals surface area contributed by atoms with Crippen LogP contribution in [0.3, 0.4) is 0 Å². The monoisotopic (exact) mass is 1350 g/mol. The van der Waals surface area contributed by atoms with Crippen LogP contribution in [0.1, 0.15) is 121 Å². The fourth-order valence-corrected chi connectivity index (χ4v) is 11.5. The number of aliphatic imine (C=N–C) groups is 1. The van der Waals surface area contributed by atoms with Gasteiger partial charge < -0.3 is 92.5 Å². The number of amides is 13. The second-order valence-corrected chi connectivity index (χ2v) is 25.1. The lowest BCUT2D eigenvalue weighted by atomic mass is 10.0. The third-order valence-electron chi connectivity index (χ3n) is 16.0. The Morgan fingerprint density at radius 1 is 0.537 bits per heavy atom. The molecule has 2 aromatic rings. The molecule has 0 saturated carbocycles. The Hall–Kier alpha value is -8.91. The van der Waals surface area contributed by atoms with Crippen LogP contribution >= 0.6 is 11.8 Å². The van der Waals surface area contributed by atoms with Gasteiger partial charge in [-0.1, -0.05) is 74.5 Å². The lowest BCUT2D eigenvalue weighted by Crippen LogP contribution is -2.60. The highest BCUT2D eigenvalue weighted by molar-refractivity contribution is 7.98. The largest absolute Gasteiger partial charge is 0.370 e. The van der Waals surface area contributed by atoms with E-state index in [0.29, 0.717) is 55.4 Å². The Balaban J connectivity index is 1.56. The molecule has 32 heteroatoms. The molecule has 2 aliphatic heterocycles. The molecule has 0 unspecified atom stereocenters. The zero-order valence-electron chi connectivity index (χ0n) is 54.5. The maximum atomic E-state index is 14.7. The van der Waals surface area contributed by atoms with Crippen LogP contribution in [-0.4, -0.2) is 198 Å². The first kappa shape index (κ1) is 78.5. The minimum absolute atomic E-state index is 0.0736. The summed E-state index contributed by atoms with van der Waals surface area (Å²) in [4.78, 5) is 185. The zero-order valence-corrected chi connectivity index (χ0v) is 55.3. The summed E-state index contributed by atoms with van der Waals surface area (Å²) in [6, 6.07) is 4.51. The topological polar surface area (TPSA) is 519 Å². The standard InChI is InChI=1S/C63H98N18O13S/c1-37(2)33-45(57(89)74-41(53(68)85)27-32-95-3)73-52(84)36-72-54(86)46(34-38-15-6-4-7-16-38)78-58(90)47(35-39-17-8-5-9-18-39)79-56(88)42(23-25-50(66)82)75-55(87)43(24-26-51(67)83)76-59(91)49-22-14-31-81(49)62(94)44(20-10-11-28-64)77-60(92)48-21-13-30-80(48)61(93)40(65)19-12-29-71-63(69)70/h4-9,15-18,37,40-49H,10-14,19-36,64-65H2,1-3H3,(H2,66,82)(H2,67,83)(H2,68,85)(H,72,86)(H,73,84)(H,74,89)(H,75,87)(H,76,91)(H,77,92)(H,78,90)(H,79,88)(H4,69,70,71)/t40-,41-,42-,43+,44-,45-,46+,47+,48+,49-/m0/s1. The quantitative estimate of drug-likeness (QED) is 0.0173. The van der Waals surface area contributed by atoms with Crippen molar-refractivity contribution in [3.8, 4) is 0 Å². The molecule has 22 N–H and O–H groups in total. The van der Waals surface area contributed by atoms with Crippen molar-refractivity contribution in [2.45, 2.75) is 183 Å². The summed E-state index contributed by atoms with van der Waals surface area (Å²) in [7, 11) is 0. The molecule has 0 bridgehead atoms. The number of rotatable bonds is 42. The number of unbranched alkanes of at least 4 members (excludes halogenated alkanes) is 1. The number of nitrogens with zero attached hydrogens (tertiary/aromatic N) is 3. The van der Waals surface area contributed by atoms with Gasteiger partial charge in [-0.05, 0) is 119 Å². The first-order valence-electron chi connectivity index (χ1n) is 32.2. The van der Waals surface area contributed by atoms with Gasteiger partial charge >= 0.3 is 0 Å². The lowest BCUT2D eigenvalue weighted by molar-refractivity contribution is -0.144. The molecule has 10 atom stereocenters. The fraction of sp³-hybridized carbons (Fsp3) is 0.587. The van der Waals surface area contributed by atoms with Gasteiger partial charge in [0.2, 0.25) is 76.8 Å². The molecule has 95 heavy (non-hydrogen) atoms. The molecule has 0 radical (unpaired) electrons. The number of thioether (sulfide) groups is 1. The summed E-state index contributed by atoms with van der Waals surface area (Å²) in [5, 5.41) is 21.1. The third-order valence-corrected chi connectivity index (χ3v) is 16.7. The second kappa shape index (κ2) is 41.0. The van der Waals surface area contributed by atoms with Crippen LogP contribution < -0.4 is 82.7 Å². The van der Waals surface area contributed by atoms with E-state index < -0.39 is 169 Å². The van der Waals surface area contributed by atoms with Gasteiger partial charge in [-0.2, -0.15) is 11.8 Å². The molecule has 0 spiro atoms. The summed E-state index contributed by atoms with van der Waals surface area (Å²) in [6.45, 7) is 3.86. The fourth-order valence-electron chi connectivity index (χ4n) is 11.0. The number of benzene rings is 2. The van der Waals surface area contributed by atoms with E-state index in [4.69, 9.17) is 40.1 Å². The molecule has 4 rings (SSSR count). The van der Waals surface area contributed by atoms with Gasteiger partial charge in [-0.25, -0.2) is 0 Å². The minimum atomic E-state index is -1.64. The predicted octanol–water partition coefficient (Wildman–Crippen LogP) is -3.71. The van der Waals surface area contributed by atoms with Crippen molar-refractivity contribution in [1.82, 2.24) is 52.3 Å². The third kappa shape index (κ3) is 27.5. The molecule has 0 aromatic heterocycles. The average molecular weight is 1350 g/mol. The lowest BCUT2D eigenvalue weighted by Gasteiger charge is -2.32. The Morgan fingerprint density at radius 3 is 1.51 bits per heavy atom. The van der Waals surface area contributed by atoms with E-state index in [1.54, 1.807) is 60.7 Å². The van der Waals surface area contributed by atoms with Crippen molar-refractivity contribution in [3.63, 3.8) is 0 Å². The van der Waals surface area contributed by atoms with Crippen molar-refractivity contribution in [3.05, 3.63) is 71.8 Å². The molecule has 2 aliphatic rings. The van der Waals surface area contributed by atoms with Crippen molar-refractivity contribution in [2.75, 3.05) is 44.7 Å². The van der Waals surface area contributed by atoms with Gasteiger partial charge in [0.1, 0.15) is 54.4 Å². The van der Waals surface area contributed by atoms with Gasteiger partial charge in [0.05, 0.1) is 12.6 Å². The molecule has 2 saturated heterocycles. The van der Waals surface area contributed by atoms with Crippen LogP contribution in [0.2, 0.25) is 0 Å². The Morgan fingerprint density at radius 2 is 1.01 bits per heavy atom. The molecular weight excluding hydrogens is 1250 g/mol. The highest BCUT2D eigenvalue weighted by Crippen LogP contribution is 2.24. The van der Waals surface area contributed by atoms with E-state index in [-0.39, 0.29) is 83.0 Å². The van der Waals surface area contributed by atoms with Crippen molar-refractivity contribution >= 4 is 94.5 Å². The van der Waals surface area contributed by atoms with Crippen molar-refractivity contribution in [2.24, 2.45) is 51.0 Å². The number of nitrogens with one attached hydrogen (secondary N) is 8. The molecule has 0 aliphatic carbocycles. The maximum absolute atomic E-state index is 14.7. The van der Waals surface area contributed by atoms with Gasteiger partial charge in [-0.3, -0.25) is 67.3 Å². The molecule has 2 heterocycles. The number of primary amides is 3. The van der Waals surface area contributed by atoms with E-state index in [1.807, 2.05) is 20.1 Å². The number of hydrogen-bond donors (Lipinski definition) is 15. The Kier molecular flexibility index (Phi) is 33.9. The summed E-state index contributed by atoms with van der Waals surface area (Å²) in [6.07, 6.45) is 3.12.